The number of aryl methyl sites for hydroxylation is 1. The van der Waals surface area contributed by atoms with Gasteiger partial charge in [-0.3, -0.25) is 0 Å². The van der Waals surface area contributed by atoms with E-state index in [2.05, 4.69) is 59.4 Å². The molecule has 0 N–H and O–H groups in total. The van der Waals surface area contributed by atoms with Gasteiger partial charge < -0.3 is 47.4 Å². The van der Waals surface area contributed by atoms with E-state index in [9.17, 15) is 10.5 Å². The highest BCUT2D eigenvalue weighted by Crippen LogP contribution is 2.36. The van der Waals surface area contributed by atoms with Gasteiger partial charge >= 0.3 is 0 Å². The SMILES string of the molecule is Cc1cc(N(CC(COC(C)C)OCCOCCOCC[N+](C)(C)C)CC(COC(C)C)OCCOCCN(C)C)ccc1N=Nc1sc(C#N)c(C)c1C#N. The molecule has 2 atom stereocenters. The summed E-state index contributed by atoms with van der Waals surface area (Å²) in [4.78, 5) is 4.78. The molecule has 1 aromatic carbocycles. The molecule has 56 heavy (non-hydrogen) atoms. The maximum atomic E-state index is 9.67. The number of nitriles is 2. The lowest BCUT2D eigenvalue weighted by Crippen LogP contribution is -2.44. The second-order valence-corrected chi connectivity index (χ2v) is 16.4. The van der Waals surface area contributed by atoms with Gasteiger partial charge in [-0.05, 0) is 85.0 Å². The smallest absolute Gasteiger partial charge is 0.158 e. The van der Waals surface area contributed by atoms with Crippen LogP contribution in [0.3, 0.4) is 0 Å². The van der Waals surface area contributed by atoms with Crippen LogP contribution in [0.4, 0.5) is 16.4 Å². The van der Waals surface area contributed by atoms with Gasteiger partial charge in [-0.25, -0.2) is 0 Å². The molecule has 0 amide bonds. The minimum absolute atomic E-state index is 0.0301. The van der Waals surface area contributed by atoms with Crippen LogP contribution >= 0.6 is 11.3 Å². The summed E-state index contributed by atoms with van der Waals surface area (Å²) in [5.74, 6) is 0. The van der Waals surface area contributed by atoms with E-state index in [1.807, 2.05) is 60.8 Å². The van der Waals surface area contributed by atoms with Crippen LogP contribution in [-0.4, -0.2) is 161 Å². The summed E-state index contributed by atoms with van der Waals surface area (Å²) in [6, 6.07) is 10.3. The summed E-state index contributed by atoms with van der Waals surface area (Å²) in [6.45, 7) is 19.5. The monoisotopic (exact) mass is 802 g/mol. The highest BCUT2D eigenvalue weighted by Gasteiger charge is 2.23. The molecular formula is C41H68N7O7S+. The zero-order valence-electron chi connectivity index (χ0n) is 35.8. The van der Waals surface area contributed by atoms with Gasteiger partial charge in [-0.1, -0.05) is 0 Å². The Morgan fingerprint density at radius 3 is 1.79 bits per heavy atom. The molecule has 0 radical (unpaired) electrons. The van der Waals surface area contributed by atoms with Crippen LogP contribution in [0.15, 0.2) is 28.4 Å². The number of hydrogen-bond acceptors (Lipinski definition) is 14. The van der Waals surface area contributed by atoms with Gasteiger partial charge in [-0.15, -0.1) is 21.6 Å². The first-order valence-corrected chi connectivity index (χ1v) is 20.3. The van der Waals surface area contributed by atoms with Gasteiger partial charge in [0.25, 0.3) is 0 Å². The predicted molar refractivity (Wildman–Crippen MR) is 222 cm³/mol. The largest absolute Gasteiger partial charge is 0.378 e. The van der Waals surface area contributed by atoms with Gasteiger partial charge in [0.1, 0.15) is 23.6 Å². The average Bonchev–Trinajstić information content (AvgIpc) is 3.45. The number of azo groups is 1. The number of quaternary nitrogens is 1. The summed E-state index contributed by atoms with van der Waals surface area (Å²) in [5, 5.41) is 28.4. The fourth-order valence-corrected chi connectivity index (χ4v) is 5.97. The van der Waals surface area contributed by atoms with Crippen molar-refractivity contribution >= 4 is 27.7 Å². The molecule has 0 aliphatic carbocycles. The zero-order chi connectivity index (χ0) is 41.5. The van der Waals surface area contributed by atoms with Crippen molar-refractivity contribution < 1.29 is 37.6 Å². The van der Waals surface area contributed by atoms with Crippen molar-refractivity contribution in [3.05, 3.63) is 39.8 Å². The maximum absolute atomic E-state index is 9.67. The molecule has 1 aromatic heterocycles. The Morgan fingerprint density at radius 2 is 1.29 bits per heavy atom. The van der Waals surface area contributed by atoms with Crippen molar-refractivity contribution in [3.8, 4) is 12.1 Å². The molecule has 0 spiro atoms. The number of rotatable bonds is 30. The normalized spacial score (nSPS) is 13.2. The first kappa shape index (κ1) is 49.1. The number of benzene rings is 1. The Bertz CT molecular complexity index is 1520. The van der Waals surface area contributed by atoms with Gasteiger partial charge in [-0.2, -0.15) is 10.5 Å². The maximum Gasteiger partial charge on any atom is 0.158 e. The van der Waals surface area contributed by atoms with Crippen LogP contribution in [0, 0.1) is 36.5 Å². The molecule has 0 fully saturated rings. The lowest BCUT2D eigenvalue weighted by molar-refractivity contribution is -0.870. The van der Waals surface area contributed by atoms with E-state index in [1.54, 1.807) is 6.92 Å². The number of anilines is 1. The number of hydrogen-bond donors (Lipinski definition) is 0. The molecule has 0 saturated carbocycles. The molecule has 14 nitrogen and oxygen atoms in total. The number of likely N-dealkylation sites (N-methyl/N-ethyl adjacent to an activating group) is 2. The van der Waals surface area contributed by atoms with Gasteiger partial charge in [0.15, 0.2) is 5.00 Å². The number of thiophene rings is 1. The Hall–Kier alpha value is -3.06. The van der Waals surface area contributed by atoms with E-state index < -0.39 is 0 Å². The Labute approximate surface area is 340 Å². The second kappa shape index (κ2) is 26.8. The topological polar surface area (TPSA) is 143 Å². The number of nitrogens with zero attached hydrogens (tertiary/aromatic N) is 7. The van der Waals surface area contributed by atoms with Crippen molar-refractivity contribution in [2.45, 2.75) is 66.0 Å². The highest BCUT2D eigenvalue weighted by molar-refractivity contribution is 7.16. The highest BCUT2D eigenvalue weighted by atomic mass is 32.1. The van der Waals surface area contributed by atoms with E-state index in [4.69, 9.17) is 33.2 Å². The van der Waals surface area contributed by atoms with E-state index in [0.29, 0.717) is 106 Å². The van der Waals surface area contributed by atoms with Gasteiger partial charge in [0, 0.05) is 25.3 Å². The first-order valence-electron chi connectivity index (χ1n) is 19.5. The minimum atomic E-state index is -0.275. The third kappa shape index (κ3) is 20.4. The summed E-state index contributed by atoms with van der Waals surface area (Å²) < 4.78 is 43.2. The van der Waals surface area contributed by atoms with Crippen LogP contribution in [0.25, 0.3) is 0 Å². The quantitative estimate of drug-likeness (QED) is 0.0501. The van der Waals surface area contributed by atoms with E-state index in [-0.39, 0.29) is 24.4 Å². The molecule has 2 rings (SSSR count). The van der Waals surface area contributed by atoms with Crippen LogP contribution in [0.2, 0.25) is 0 Å². The fraction of sp³-hybridized carbons (Fsp3) is 0.707. The Morgan fingerprint density at radius 1 is 0.732 bits per heavy atom. The molecule has 1 heterocycles. The predicted octanol–water partition coefficient (Wildman–Crippen LogP) is 6.27. The number of ether oxygens (including phenoxy) is 7. The Kier molecular flexibility index (Phi) is 23.5. The van der Waals surface area contributed by atoms with E-state index in [1.165, 1.54) is 11.3 Å². The molecular weight excluding hydrogens is 735 g/mol. The van der Waals surface area contributed by atoms with Crippen molar-refractivity contribution in [1.82, 2.24) is 4.90 Å². The second-order valence-electron chi connectivity index (χ2n) is 15.4. The summed E-state index contributed by atoms with van der Waals surface area (Å²) in [7, 11) is 10.5. The Balaban J connectivity index is 2.29. The molecule has 0 aliphatic heterocycles. The summed E-state index contributed by atoms with van der Waals surface area (Å²) in [5.41, 5.74) is 3.49. The third-order valence-corrected chi connectivity index (χ3v) is 9.42. The summed E-state index contributed by atoms with van der Waals surface area (Å²) in [6.07, 6.45) is -0.470. The summed E-state index contributed by atoms with van der Waals surface area (Å²) >= 11 is 1.17. The molecule has 0 aliphatic rings. The standard InChI is InChI=1S/C41H68N7O7S/c1-31(2)54-29-36(52-22-20-49-16-14-46(7)8)27-47(28-37(30-55-32(3)4)53-23-21-51-19-18-50-17-15-48(9,10)11)35-12-13-39(33(5)24-35)44-45-41-38(25-42)34(6)40(26-43)56-41/h12-13,24,31-32,36-37H,14-23,27-30H2,1-11H3/q+1. The zero-order valence-corrected chi connectivity index (χ0v) is 36.7. The minimum Gasteiger partial charge on any atom is -0.378 e. The molecule has 15 heteroatoms. The molecule has 0 bridgehead atoms. The molecule has 0 saturated heterocycles. The molecule has 2 unspecified atom stereocenters. The molecule has 2 aromatic rings. The van der Waals surface area contributed by atoms with Crippen LogP contribution in [-0.2, 0) is 33.2 Å². The van der Waals surface area contributed by atoms with Crippen LogP contribution < -0.4 is 4.90 Å². The fourth-order valence-electron chi connectivity index (χ4n) is 5.10. The van der Waals surface area contributed by atoms with E-state index >= 15 is 0 Å². The van der Waals surface area contributed by atoms with Crippen molar-refractivity contribution in [1.29, 1.82) is 10.5 Å². The van der Waals surface area contributed by atoms with Crippen LogP contribution in [0.1, 0.15) is 49.3 Å². The van der Waals surface area contributed by atoms with Crippen molar-refractivity contribution in [3.63, 3.8) is 0 Å². The van der Waals surface area contributed by atoms with E-state index in [0.717, 1.165) is 28.8 Å². The third-order valence-electron chi connectivity index (χ3n) is 8.34. The lowest BCUT2D eigenvalue weighted by atomic mass is 10.1. The van der Waals surface area contributed by atoms with Crippen molar-refractivity contribution in [2.24, 2.45) is 10.2 Å². The van der Waals surface area contributed by atoms with Crippen molar-refractivity contribution in [2.75, 3.05) is 132 Å². The van der Waals surface area contributed by atoms with Gasteiger partial charge in [0.05, 0.1) is 123 Å². The lowest BCUT2D eigenvalue weighted by Gasteiger charge is -2.33. The first-order chi connectivity index (χ1) is 26.6. The molecule has 314 valence electrons. The van der Waals surface area contributed by atoms with Crippen LogP contribution in [0.5, 0.6) is 0 Å². The average molecular weight is 803 g/mol. The van der Waals surface area contributed by atoms with Gasteiger partial charge in [0.2, 0.25) is 0 Å².